The highest BCUT2D eigenvalue weighted by Gasteiger charge is 2.31. The molecule has 136 valence electrons. The summed E-state index contributed by atoms with van der Waals surface area (Å²) in [6.07, 6.45) is 3.09. The summed E-state index contributed by atoms with van der Waals surface area (Å²) in [6, 6.07) is 15.5. The van der Waals surface area contributed by atoms with Crippen molar-refractivity contribution in [3.63, 3.8) is 0 Å². The van der Waals surface area contributed by atoms with Crippen molar-refractivity contribution in [3.05, 3.63) is 59.7 Å². The van der Waals surface area contributed by atoms with Crippen LogP contribution in [-0.2, 0) is 21.6 Å². The highest BCUT2D eigenvalue weighted by Crippen LogP contribution is 2.28. The van der Waals surface area contributed by atoms with Gasteiger partial charge >= 0.3 is 0 Å². The third-order valence-electron chi connectivity index (χ3n) is 4.41. The van der Waals surface area contributed by atoms with E-state index in [9.17, 15) is 8.42 Å². The predicted octanol–water partition coefficient (Wildman–Crippen LogP) is 5.37. The molecule has 0 heterocycles. The zero-order valence-corrected chi connectivity index (χ0v) is 17.2. The summed E-state index contributed by atoms with van der Waals surface area (Å²) in [4.78, 5) is 1.53. The van der Waals surface area contributed by atoms with Crippen molar-refractivity contribution < 1.29 is 8.42 Å². The third-order valence-corrected chi connectivity index (χ3v) is 8.70. The smallest absolute Gasteiger partial charge is 0.122 e. The second-order valence-electron chi connectivity index (χ2n) is 6.71. The van der Waals surface area contributed by atoms with Crippen molar-refractivity contribution in [2.24, 2.45) is 5.92 Å². The van der Waals surface area contributed by atoms with Crippen molar-refractivity contribution in [3.8, 4) is 0 Å². The van der Waals surface area contributed by atoms with Gasteiger partial charge in [0, 0.05) is 9.79 Å². The van der Waals surface area contributed by atoms with Gasteiger partial charge in [-0.15, -0.1) is 0 Å². The Morgan fingerprint density at radius 1 is 0.800 bits per heavy atom. The molecule has 0 aliphatic rings. The van der Waals surface area contributed by atoms with E-state index < -0.39 is 26.2 Å². The van der Waals surface area contributed by atoms with Gasteiger partial charge in [-0.25, -0.2) is 0 Å². The van der Waals surface area contributed by atoms with Crippen LogP contribution in [0.1, 0.15) is 44.2 Å². The Bertz CT molecular complexity index is 663. The molecule has 2 nitrogen and oxygen atoms in total. The van der Waals surface area contributed by atoms with E-state index >= 15 is 0 Å². The first-order chi connectivity index (χ1) is 11.9. The summed E-state index contributed by atoms with van der Waals surface area (Å²) < 4.78 is 26.1. The van der Waals surface area contributed by atoms with Crippen LogP contribution in [-0.4, -0.2) is 13.0 Å². The average molecular weight is 377 g/mol. The minimum atomic E-state index is -1.30. The molecular weight excluding hydrogens is 348 g/mol. The fourth-order valence-electron chi connectivity index (χ4n) is 2.78. The summed E-state index contributed by atoms with van der Waals surface area (Å²) in [5.41, 5.74) is 2.27. The molecular formula is C21H28O2S2. The first-order valence-corrected chi connectivity index (χ1v) is 11.3. The van der Waals surface area contributed by atoms with E-state index in [1.54, 1.807) is 0 Å². The molecule has 2 aromatic carbocycles. The van der Waals surface area contributed by atoms with E-state index in [1.165, 1.54) is 0 Å². The van der Waals surface area contributed by atoms with Gasteiger partial charge in [0.15, 0.2) is 0 Å². The fraction of sp³-hybridized carbons (Fsp3) is 0.429. The molecule has 4 heteroatoms. The average Bonchev–Trinajstić information content (AvgIpc) is 2.61. The van der Waals surface area contributed by atoms with Crippen LogP contribution in [0.15, 0.2) is 58.3 Å². The lowest BCUT2D eigenvalue weighted by atomic mass is 10.1. The Morgan fingerprint density at radius 2 is 1.20 bits per heavy atom. The minimum Gasteiger partial charge on any atom is -0.253 e. The van der Waals surface area contributed by atoms with Crippen LogP contribution in [0.5, 0.6) is 0 Å². The van der Waals surface area contributed by atoms with Gasteiger partial charge in [0.1, 0.15) is 4.58 Å². The maximum Gasteiger partial charge on any atom is 0.122 e. The van der Waals surface area contributed by atoms with Crippen LogP contribution >= 0.6 is 0 Å². The van der Waals surface area contributed by atoms with E-state index in [2.05, 4.69) is 13.8 Å². The van der Waals surface area contributed by atoms with Gasteiger partial charge in [0.25, 0.3) is 0 Å². The van der Waals surface area contributed by atoms with Gasteiger partial charge in [-0.1, -0.05) is 62.1 Å². The lowest BCUT2D eigenvalue weighted by Crippen LogP contribution is -2.29. The molecule has 25 heavy (non-hydrogen) atoms. The molecule has 0 N–H and O–H groups in total. The fourth-order valence-corrected chi connectivity index (χ4v) is 6.54. The van der Waals surface area contributed by atoms with Crippen molar-refractivity contribution in [1.82, 2.24) is 0 Å². The Labute approximate surface area is 157 Å². The maximum absolute atomic E-state index is 13.3. The molecule has 0 aliphatic heterocycles. The number of unbranched alkanes of at least 4 members (excludes halogenated alkanes) is 1. The first kappa shape index (κ1) is 20.1. The third kappa shape index (κ3) is 5.35. The molecule has 2 rings (SSSR count). The molecule has 3 atom stereocenters. The molecule has 0 bridgehead atoms. The molecule has 2 aromatic rings. The van der Waals surface area contributed by atoms with Crippen LogP contribution in [0, 0.1) is 19.8 Å². The number of hydrogen-bond donors (Lipinski definition) is 0. The van der Waals surface area contributed by atoms with Crippen LogP contribution in [0.25, 0.3) is 0 Å². The Hall–Kier alpha value is -1.26. The highest BCUT2D eigenvalue weighted by atomic mass is 32.2. The SMILES string of the molecule is CCCC[C@@H](C)C(S(=O)c1ccc(C)cc1)S(=O)c1ccc(C)cc1. The Kier molecular flexibility index (Phi) is 7.57. The topological polar surface area (TPSA) is 34.1 Å². The van der Waals surface area contributed by atoms with Gasteiger partial charge in [0.05, 0.1) is 21.6 Å². The standard InChI is InChI=1S/C21H28O2S2/c1-5-6-7-18(4)21(24(22)19-12-8-16(2)9-13-19)25(23)20-14-10-17(3)11-15-20/h8-15,18,21H,5-7H2,1-4H3/t18-,21?,24?,25?/m1/s1. The number of aryl methyl sites for hydroxylation is 2. The molecule has 0 spiro atoms. The molecule has 0 aliphatic carbocycles. The summed E-state index contributed by atoms with van der Waals surface area (Å²) in [5, 5.41) is 0. The number of hydrogen-bond acceptors (Lipinski definition) is 2. The van der Waals surface area contributed by atoms with Gasteiger partial charge in [0.2, 0.25) is 0 Å². The van der Waals surface area contributed by atoms with Crippen molar-refractivity contribution in [2.45, 2.75) is 61.3 Å². The van der Waals surface area contributed by atoms with E-state index in [-0.39, 0.29) is 5.92 Å². The van der Waals surface area contributed by atoms with Crippen LogP contribution in [0.2, 0.25) is 0 Å². The number of rotatable bonds is 8. The zero-order chi connectivity index (χ0) is 18.4. The molecule has 0 fully saturated rings. The van der Waals surface area contributed by atoms with Crippen LogP contribution < -0.4 is 0 Å². The second kappa shape index (κ2) is 9.44. The molecule has 0 saturated carbocycles. The molecule has 0 amide bonds. The summed E-state index contributed by atoms with van der Waals surface area (Å²) in [6.45, 7) is 8.26. The lowest BCUT2D eigenvalue weighted by Gasteiger charge is -2.23. The summed E-state index contributed by atoms with van der Waals surface area (Å²) in [7, 11) is -2.60. The predicted molar refractivity (Wildman–Crippen MR) is 108 cm³/mol. The summed E-state index contributed by atoms with van der Waals surface area (Å²) >= 11 is 0. The summed E-state index contributed by atoms with van der Waals surface area (Å²) in [5.74, 6) is 0.129. The zero-order valence-electron chi connectivity index (χ0n) is 15.5. The first-order valence-electron chi connectivity index (χ1n) is 8.88. The van der Waals surface area contributed by atoms with E-state index in [1.807, 2.05) is 62.4 Å². The van der Waals surface area contributed by atoms with Crippen molar-refractivity contribution in [1.29, 1.82) is 0 Å². The van der Waals surface area contributed by atoms with Gasteiger partial charge < -0.3 is 0 Å². The van der Waals surface area contributed by atoms with E-state index in [0.717, 1.165) is 40.2 Å². The minimum absolute atomic E-state index is 0.129. The van der Waals surface area contributed by atoms with Crippen molar-refractivity contribution >= 4 is 21.6 Å². The van der Waals surface area contributed by atoms with Gasteiger partial charge in [-0.2, -0.15) is 0 Å². The van der Waals surface area contributed by atoms with E-state index in [0.29, 0.717) is 0 Å². The molecule has 0 radical (unpaired) electrons. The van der Waals surface area contributed by atoms with E-state index in [4.69, 9.17) is 0 Å². The maximum atomic E-state index is 13.3. The van der Waals surface area contributed by atoms with Crippen molar-refractivity contribution in [2.75, 3.05) is 0 Å². The van der Waals surface area contributed by atoms with Crippen LogP contribution in [0.3, 0.4) is 0 Å². The van der Waals surface area contributed by atoms with Gasteiger partial charge in [-0.05, 0) is 50.5 Å². The Morgan fingerprint density at radius 3 is 1.56 bits per heavy atom. The second-order valence-corrected chi connectivity index (χ2v) is 10.2. The van der Waals surface area contributed by atoms with Gasteiger partial charge in [-0.3, -0.25) is 8.42 Å². The monoisotopic (exact) mass is 376 g/mol. The van der Waals surface area contributed by atoms with Crippen LogP contribution in [0.4, 0.5) is 0 Å². The molecule has 0 saturated heterocycles. The lowest BCUT2D eigenvalue weighted by molar-refractivity contribution is 0.526. The highest BCUT2D eigenvalue weighted by molar-refractivity contribution is 8.03. The number of benzene rings is 2. The normalized spacial score (nSPS) is 16.2. The quantitative estimate of drug-likeness (QED) is 0.620. The molecule has 2 unspecified atom stereocenters. The Balaban J connectivity index is 2.34. The largest absolute Gasteiger partial charge is 0.253 e. The molecule has 0 aromatic heterocycles.